The maximum atomic E-state index is 12.9. The van der Waals surface area contributed by atoms with Gasteiger partial charge in [-0.15, -0.1) is 0 Å². The molecule has 0 fully saturated rings. The molecule has 0 aliphatic rings. The van der Waals surface area contributed by atoms with Crippen LogP contribution < -0.4 is 15.4 Å². The Morgan fingerprint density at radius 1 is 0.943 bits per heavy atom. The number of hydrogen-bond acceptors (Lipinski definition) is 4. The van der Waals surface area contributed by atoms with Crippen LogP contribution in [0.2, 0.25) is 0 Å². The summed E-state index contributed by atoms with van der Waals surface area (Å²) >= 11 is 5.32. The zero-order valence-electron chi connectivity index (χ0n) is 20.3. The number of benzene rings is 3. The minimum atomic E-state index is -0.341. The third-order valence-corrected chi connectivity index (χ3v) is 5.47. The summed E-state index contributed by atoms with van der Waals surface area (Å²) < 4.78 is 5.74. The second kappa shape index (κ2) is 12.7. The smallest absolute Gasteiger partial charge is 0.257 e. The lowest BCUT2D eigenvalue weighted by Crippen LogP contribution is -2.34. The van der Waals surface area contributed by atoms with Gasteiger partial charge in [-0.1, -0.05) is 56.3 Å². The number of ether oxygens (including phenoxy) is 1. The van der Waals surface area contributed by atoms with E-state index in [1.807, 2.05) is 36.4 Å². The minimum Gasteiger partial charge on any atom is -0.494 e. The van der Waals surface area contributed by atoms with Crippen LogP contribution in [-0.4, -0.2) is 35.5 Å². The third kappa shape index (κ3) is 8.22. The predicted octanol–water partition coefficient (Wildman–Crippen LogP) is 5.51. The number of anilines is 1. The number of amides is 2. The Morgan fingerprint density at radius 2 is 1.66 bits per heavy atom. The summed E-state index contributed by atoms with van der Waals surface area (Å²) in [6.45, 7) is 5.37. The van der Waals surface area contributed by atoms with Crippen molar-refractivity contribution in [3.63, 3.8) is 0 Å². The summed E-state index contributed by atoms with van der Waals surface area (Å²) in [6, 6.07) is 23.8. The van der Waals surface area contributed by atoms with Crippen molar-refractivity contribution in [3.8, 4) is 5.75 Å². The molecule has 0 atom stereocenters. The highest BCUT2D eigenvalue weighted by atomic mass is 32.1. The number of carbonyl (C=O) groups is 2. The minimum absolute atomic E-state index is 0.110. The van der Waals surface area contributed by atoms with E-state index in [1.54, 1.807) is 54.4 Å². The van der Waals surface area contributed by atoms with Crippen LogP contribution in [0, 0.1) is 5.92 Å². The second-order valence-corrected chi connectivity index (χ2v) is 9.10. The molecular weight excluding hydrogens is 458 g/mol. The molecule has 0 spiro atoms. The Labute approximate surface area is 212 Å². The predicted molar refractivity (Wildman–Crippen MR) is 144 cm³/mol. The lowest BCUT2D eigenvalue weighted by Gasteiger charge is -2.18. The van der Waals surface area contributed by atoms with Crippen LogP contribution in [0.3, 0.4) is 0 Å². The van der Waals surface area contributed by atoms with Crippen molar-refractivity contribution in [1.29, 1.82) is 0 Å². The average molecular weight is 490 g/mol. The van der Waals surface area contributed by atoms with E-state index in [0.29, 0.717) is 41.6 Å². The highest BCUT2D eigenvalue weighted by Gasteiger charge is 2.14. The van der Waals surface area contributed by atoms with Gasteiger partial charge in [-0.2, -0.15) is 0 Å². The van der Waals surface area contributed by atoms with Crippen molar-refractivity contribution in [2.24, 2.45) is 5.92 Å². The van der Waals surface area contributed by atoms with E-state index in [1.165, 1.54) is 0 Å². The van der Waals surface area contributed by atoms with E-state index < -0.39 is 0 Å². The van der Waals surface area contributed by atoms with Crippen LogP contribution in [0.1, 0.15) is 46.5 Å². The van der Waals surface area contributed by atoms with E-state index >= 15 is 0 Å². The molecule has 0 heterocycles. The number of thiocarbonyl (C=S) groups is 1. The number of rotatable bonds is 9. The van der Waals surface area contributed by atoms with Gasteiger partial charge in [0.25, 0.3) is 11.8 Å². The summed E-state index contributed by atoms with van der Waals surface area (Å²) in [5, 5.41) is 5.81. The quantitative estimate of drug-likeness (QED) is 0.388. The largest absolute Gasteiger partial charge is 0.494 e. The van der Waals surface area contributed by atoms with E-state index in [0.717, 1.165) is 12.0 Å². The standard InChI is InChI=1S/C28H31N3O3S/c1-20(2)15-16-34-25-14-8-11-22(18-25)26(32)30-28(35)29-24-13-7-12-23(17-24)27(33)31(3)19-21-9-5-4-6-10-21/h4-14,17-18,20H,15-16,19H2,1-3H3,(H2,29,30,32,35). The summed E-state index contributed by atoms with van der Waals surface area (Å²) in [5.41, 5.74) is 2.63. The van der Waals surface area contributed by atoms with Crippen LogP contribution in [0.4, 0.5) is 5.69 Å². The summed E-state index contributed by atoms with van der Waals surface area (Å²) in [6.07, 6.45) is 0.939. The Kier molecular flexibility index (Phi) is 9.38. The molecule has 0 aliphatic carbocycles. The maximum Gasteiger partial charge on any atom is 0.257 e. The van der Waals surface area contributed by atoms with Crippen LogP contribution in [0.25, 0.3) is 0 Å². The number of nitrogens with zero attached hydrogens (tertiary/aromatic N) is 1. The van der Waals surface area contributed by atoms with Crippen molar-refractivity contribution in [3.05, 3.63) is 95.6 Å². The first-order valence-corrected chi connectivity index (χ1v) is 12.0. The number of carbonyl (C=O) groups excluding carboxylic acids is 2. The Hall–Kier alpha value is -3.71. The van der Waals surface area contributed by atoms with Crippen LogP contribution in [0.5, 0.6) is 5.75 Å². The van der Waals surface area contributed by atoms with E-state index in [4.69, 9.17) is 17.0 Å². The first-order valence-electron chi connectivity index (χ1n) is 11.6. The topological polar surface area (TPSA) is 70.7 Å². The molecule has 3 aromatic rings. The second-order valence-electron chi connectivity index (χ2n) is 8.69. The zero-order valence-corrected chi connectivity index (χ0v) is 21.1. The number of nitrogens with one attached hydrogen (secondary N) is 2. The van der Waals surface area contributed by atoms with Crippen LogP contribution >= 0.6 is 12.2 Å². The Morgan fingerprint density at radius 3 is 2.40 bits per heavy atom. The van der Waals surface area contributed by atoms with Crippen LogP contribution in [0.15, 0.2) is 78.9 Å². The first kappa shape index (κ1) is 25.9. The van der Waals surface area contributed by atoms with Crippen LogP contribution in [-0.2, 0) is 6.54 Å². The van der Waals surface area contributed by atoms with Crippen molar-refractivity contribution in [1.82, 2.24) is 10.2 Å². The van der Waals surface area contributed by atoms with Gasteiger partial charge >= 0.3 is 0 Å². The fourth-order valence-electron chi connectivity index (χ4n) is 3.36. The normalized spacial score (nSPS) is 10.5. The van der Waals surface area contributed by atoms with E-state index in [-0.39, 0.29) is 16.9 Å². The molecule has 0 bridgehead atoms. The van der Waals surface area contributed by atoms with E-state index in [9.17, 15) is 9.59 Å². The molecule has 0 unspecified atom stereocenters. The van der Waals surface area contributed by atoms with Gasteiger partial charge in [0.15, 0.2) is 5.11 Å². The SMILES string of the molecule is CC(C)CCOc1cccc(C(=O)NC(=S)Nc2cccc(C(=O)N(C)Cc3ccccc3)c2)c1. The molecule has 3 rings (SSSR count). The fraction of sp³-hybridized carbons (Fsp3) is 0.250. The van der Waals surface area contributed by atoms with Crippen molar-refractivity contribution in [2.45, 2.75) is 26.8 Å². The summed E-state index contributed by atoms with van der Waals surface area (Å²) in [7, 11) is 1.76. The molecule has 0 aliphatic heterocycles. The van der Waals surface area contributed by atoms with Gasteiger partial charge in [0.05, 0.1) is 6.61 Å². The molecule has 35 heavy (non-hydrogen) atoms. The average Bonchev–Trinajstić information content (AvgIpc) is 2.84. The Balaban J connectivity index is 1.57. The Bertz CT molecular complexity index is 1160. The van der Waals surface area contributed by atoms with Crippen molar-refractivity contribution < 1.29 is 14.3 Å². The molecule has 3 aromatic carbocycles. The molecule has 7 heteroatoms. The molecule has 0 saturated heterocycles. The molecule has 0 radical (unpaired) electrons. The lowest BCUT2D eigenvalue weighted by atomic mass is 10.1. The van der Waals surface area contributed by atoms with Gasteiger partial charge in [-0.25, -0.2) is 0 Å². The first-order chi connectivity index (χ1) is 16.8. The molecule has 6 nitrogen and oxygen atoms in total. The maximum absolute atomic E-state index is 12.9. The van der Waals surface area contributed by atoms with Gasteiger partial charge in [0, 0.05) is 30.4 Å². The lowest BCUT2D eigenvalue weighted by molar-refractivity contribution is 0.0785. The van der Waals surface area contributed by atoms with Gasteiger partial charge in [-0.05, 0) is 66.5 Å². The van der Waals surface area contributed by atoms with Crippen molar-refractivity contribution in [2.75, 3.05) is 19.0 Å². The van der Waals surface area contributed by atoms with E-state index in [2.05, 4.69) is 24.5 Å². The monoisotopic (exact) mass is 489 g/mol. The highest BCUT2D eigenvalue weighted by Crippen LogP contribution is 2.16. The molecule has 0 aromatic heterocycles. The number of hydrogen-bond donors (Lipinski definition) is 2. The van der Waals surface area contributed by atoms with Gasteiger partial charge in [0.1, 0.15) is 5.75 Å². The van der Waals surface area contributed by atoms with Gasteiger partial charge in [0.2, 0.25) is 0 Å². The van der Waals surface area contributed by atoms with Crippen molar-refractivity contribution >= 4 is 34.8 Å². The summed E-state index contributed by atoms with van der Waals surface area (Å²) in [4.78, 5) is 27.2. The third-order valence-electron chi connectivity index (χ3n) is 5.26. The van der Waals surface area contributed by atoms with Gasteiger partial charge < -0.3 is 15.0 Å². The molecule has 0 saturated carbocycles. The highest BCUT2D eigenvalue weighted by molar-refractivity contribution is 7.80. The fourth-order valence-corrected chi connectivity index (χ4v) is 3.57. The molecule has 182 valence electrons. The molecular formula is C28H31N3O3S. The summed E-state index contributed by atoms with van der Waals surface area (Å²) in [5.74, 6) is 0.736. The van der Waals surface area contributed by atoms with Gasteiger partial charge in [-0.3, -0.25) is 14.9 Å². The molecule has 2 amide bonds. The zero-order chi connectivity index (χ0) is 25.2. The molecule has 2 N–H and O–H groups in total.